The second kappa shape index (κ2) is 8.95. The molecule has 2 aromatic carbocycles. The molecule has 1 aliphatic heterocycles. The first-order valence-electron chi connectivity index (χ1n) is 11.7. The number of H-pyrrole nitrogens is 1. The molecule has 6 heteroatoms. The number of hydrogen-bond acceptors (Lipinski definition) is 4. The van der Waals surface area contributed by atoms with Crippen LogP contribution in [-0.4, -0.2) is 60.2 Å². The number of fused-ring (bicyclic) bond motifs is 1. The van der Waals surface area contributed by atoms with Gasteiger partial charge in [0.1, 0.15) is 5.65 Å². The van der Waals surface area contributed by atoms with Crippen LogP contribution in [0.3, 0.4) is 0 Å². The lowest BCUT2D eigenvalue weighted by atomic mass is 10.0. The predicted octanol–water partition coefficient (Wildman–Crippen LogP) is 5.21. The van der Waals surface area contributed by atoms with Gasteiger partial charge in [0.15, 0.2) is 0 Å². The summed E-state index contributed by atoms with van der Waals surface area (Å²) in [6.07, 6.45) is 4.36. The number of rotatable bonds is 4. The smallest absolute Gasteiger partial charge is 0.253 e. The molecule has 6 nitrogen and oxygen atoms in total. The average Bonchev–Trinajstić information content (AvgIpc) is 3.26. The molecule has 1 aliphatic rings. The Balaban J connectivity index is 1.42. The van der Waals surface area contributed by atoms with Crippen LogP contribution >= 0.6 is 0 Å². The summed E-state index contributed by atoms with van der Waals surface area (Å²) in [5.41, 5.74) is 7.06. The Kier molecular flexibility index (Phi) is 5.84. The van der Waals surface area contributed by atoms with Crippen molar-refractivity contribution in [3.63, 3.8) is 0 Å². The van der Waals surface area contributed by atoms with Crippen LogP contribution in [0.5, 0.6) is 0 Å². The van der Waals surface area contributed by atoms with E-state index in [9.17, 15) is 4.79 Å². The van der Waals surface area contributed by atoms with Crippen LogP contribution in [0.2, 0.25) is 0 Å². The number of nitrogens with zero attached hydrogens (tertiary/aromatic N) is 3. The van der Waals surface area contributed by atoms with Gasteiger partial charge < -0.3 is 19.5 Å². The Morgan fingerprint density at radius 2 is 1.62 bits per heavy atom. The van der Waals surface area contributed by atoms with Crippen LogP contribution in [0.15, 0.2) is 67.0 Å². The molecule has 4 aromatic rings. The number of pyridine rings is 1. The first-order chi connectivity index (χ1) is 16.4. The van der Waals surface area contributed by atoms with Gasteiger partial charge in [0.05, 0.1) is 12.2 Å². The number of benzene rings is 2. The molecule has 0 saturated carbocycles. The van der Waals surface area contributed by atoms with Crippen molar-refractivity contribution < 1.29 is 9.53 Å². The van der Waals surface area contributed by atoms with E-state index in [0.29, 0.717) is 5.56 Å². The summed E-state index contributed by atoms with van der Waals surface area (Å²) in [6, 6.07) is 18.6. The number of carbonyl (C=O) groups is 1. The third-order valence-corrected chi connectivity index (χ3v) is 6.37. The maximum atomic E-state index is 12.2. The Morgan fingerprint density at radius 1 is 0.971 bits per heavy atom. The monoisotopic (exact) mass is 454 g/mol. The van der Waals surface area contributed by atoms with Gasteiger partial charge in [-0.05, 0) is 55.3 Å². The van der Waals surface area contributed by atoms with Gasteiger partial charge in [-0.25, -0.2) is 4.98 Å². The lowest BCUT2D eigenvalue weighted by molar-refractivity contribution is -0.00521. The minimum Gasteiger partial charge on any atom is -0.372 e. The third kappa shape index (κ3) is 4.29. The highest BCUT2D eigenvalue weighted by Gasteiger charge is 2.22. The molecule has 34 heavy (non-hydrogen) atoms. The van der Waals surface area contributed by atoms with Crippen LogP contribution in [-0.2, 0) is 4.74 Å². The Hall–Kier alpha value is -3.64. The minimum absolute atomic E-state index is 0.00105. The van der Waals surface area contributed by atoms with E-state index in [-0.39, 0.29) is 18.1 Å². The molecule has 1 N–H and O–H groups in total. The summed E-state index contributed by atoms with van der Waals surface area (Å²) in [7, 11) is 3.52. The Bertz CT molecular complexity index is 1300. The van der Waals surface area contributed by atoms with Crippen molar-refractivity contribution in [3.05, 3.63) is 72.6 Å². The molecular formula is C28H30N4O2. The average molecular weight is 455 g/mol. The second-order valence-corrected chi connectivity index (χ2v) is 9.31. The van der Waals surface area contributed by atoms with E-state index in [1.54, 1.807) is 19.0 Å². The Morgan fingerprint density at radius 3 is 2.26 bits per heavy atom. The van der Waals surface area contributed by atoms with E-state index < -0.39 is 0 Å². The number of morpholine rings is 1. The van der Waals surface area contributed by atoms with Crippen LogP contribution in [0.25, 0.3) is 33.3 Å². The largest absolute Gasteiger partial charge is 0.372 e. The summed E-state index contributed by atoms with van der Waals surface area (Å²) < 4.78 is 5.87. The zero-order chi connectivity index (χ0) is 23.8. The van der Waals surface area contributed by atoms with Gasteiger partial charge in [-0.1, -0.05) is 24.3 Å². The van der Waals surface area contributed by atoms with Crippen molar-refractivity contribution >= 4 is 22.6 Å². The van der Waals surface area contributed by atoms with Gasteiger partial charge in [0, 0.05) is 67.3 Å². The summed E-state index contributed by atoms with van der Waals surface area (Å²) >= 11 is 0. The minimum atomic E-state index is -0.00105. The van der Waals surface area contributed by atoms with Crippen LogP contribution < -0.4 is 4.90 Å². The number of aromatic amines is 1. The van der Waals surface area contributed by atoms with Gasteiger partial charge in [0.2, 0.25) is 0 Å². The lowest BCUT2D eigenvalue weighted by Gasteiger charge is -2.36. The maximum absolute atomic E-state index is 12.2. The number of anilines is 1. The molecule has 1 saturated heterocycles. The number of amides is 1. The second-order valence-electron chi connectivity index (χ2n) is 9.31. The van der Waals surface area contributed by atoms with Gasteiger partial charge in [-0.3, -0.25) is 4.79 Å². The van der Waals surface area contributed by atoms with Gasteiger partial charge >= 0.3 is 0 Å². The highest BCUT2D eigenvalue weighted by atomic mass is 16.5. The zero-order valence-electron chi connectivity index (χ0n) is 20.1. The fraction of sp³-hybridized carbons (Fsp3) is 0.286. The van der Waals surface area contributed by atoms with Gasteiger partial charge in [-0.2, -0.15) is 0 Å². The van der Waals surface area contributed by atoms with Crippen molar-refractivity contribution in [2.45, 2.75) is 26.1 Å². The van der Waals surface area contributed by atoms with E-state index in [4.69, 9.17) is 4.74 Å². The quantitative estimate of drug-likeness (QED) is 0.460. The van der Waals surface area contributed by atoms with Gasteiger partial charge in [-0.15, -0.1) is 0 Å². The summed E-state index contributed by atoms with van der Waals surface area (Å²) in [4.78, 5) is 24.1. The lowest BCUT2D eigenvalue weighted by Crippen LogP contribution is -2.45. The Labute approximate surface area is 200 Å². The van der Waals surface area contributed by atoms with E-state index in [2.05, 4.69) is 59.0 Å². The standard InChI is InChI=1S/C28H30N4O2/c1-18-16-32(17-19(2)34-18)24-11-9-20(10-12-24)23-13-25-26(15-30-27(25)29-14-23)21-5-7-22(8-6-21)28(33)31(3)4/h5-15,18-19H,16-17H2,1-4H3,(H,29,30)/t18-,19?/m0/s1. The maximum Gasteiger partial charge on any atom is 0.253 e. The molecule has 174 valence electrons. The molecule has 3 heterocycles. The molecule has 1 amide bonds. The molecule has 0 aliphatic carbocycles. The third-order valence-electron chi connectivity index (χ3n) is 6.37. The zero-order valence-corrected chi connectivity index (χ0v) is 20.1. The summed E-state index contributed by atoms with van der Waals surface area (Å²) in [5.74, 6) is -0.00105. The first kappa shape index (κ1) is 22.2. The summed E-state index contributed by atoms with van der Waals surface area (Å²) in [6.45, 7) is 6.06. The van der Waals surface area contributed by atoms with Crippen LogP contribution in [0.4, 0.5) is 5.69 Å². The molecule has 2 aromatic heterocycles. The first-order valence-corrected chi connectivity index (χ1v) is 11.7. The number of ether oxygens (including phenoxy) is 1. The number of aromatic nitrogens is 2. The molecule has 1 fully saturated rings. The molecule has 5 rings (SSSR count). The van der Waals surface area contributed by atoms with E-state index in [0.717, 1.165) is 46.4 Å². The van der Waals surface area contributed by atoms with Crippen molar-refractivity contribution in [1.82, 2.24) is 14.9 Å². The molecule has 0 spiro atoms. The highest BCUT2D eigenvalue weighted by molar-refractivity contribution is 5.98. The van der Waals surface area contributed by atoms with E-state index >= 15 is 0 Å². The highest BCUT2D eigenvalue weighted by Crippen LogP contribution is 2.32. The van der Waals surface area contributed by atoms with E-state index in [1.807, 2.05) is 36.7 Å². The number of hydrogen-bond donors (Lipinski definition) is 1. The van der Waals surface area contributed by atoms with Crippen molar-refractivity contribution in [3.8, 4) is 22.3 Å². The van der Waals surface area contributed by atoms with Crippen molar-refractivity contribution in [2.75, 3.05) is 32.1 Å². The molecule has 2 atom stereocenters. The van der Waals surface area contributed by atoms with Gasteiger partial charge in [0.25, 0.3) is 5.91 Å². The molecule has 1 unspecified atom stereocenters. The van der Waals surface area contributed by atoms with Crippen molar-refractivity contribution in [2.24, 2.45) is 0 Å². The van der Waals surface area contributed by atoms with Crippen LogP contribution in [0.1, 0.15) is 24.2 Å². The van der Waals surface area contributed by atoms with Crippen molar-refractivity contribution in [1.29, 1.82) is 0 Å². The normalized spacial score (nSPS) is 18.3. The fourth-order valence-electron chi connectivity index (χ4n) is 4.70. The number of nitrogens with one attached hydrogen (secondary N) is 1. The van der Waals surface area contributed by atoms with Crippen LogP contribution in [0, 0.1) is 0 Å². The fourth-order valence-corrected chi connectivity index (χ4v) is 4.70. The molecule has 0 radical (unpaired) electrons. The molecule has 0 bridgehead atoms. The predicted molar refractivity (Wildman–Crippen MR) is 137 cm³/mol. The van der Waals surface area contributed by atoms with E-state index in [1.165, 1.54) is 5.69 Å². The summed E-state index contributed by atoms with van der Waals surface area (Å²) in [5, 5.41) is 1.06. The SMILES string of the molecule is CC1CN(c2ccc(-c3cnc4[nH]cc(-c5ccc(C(=O)N(C)C)cc5)c4c3)cc2)C[C@H](C)O1. The molecular weight excluding hydrogens is 424 g/mol. The topological polar surface area (TPSA) is 61.5 Å². The number of carbonyl (C=O) groups excluding carboxylic acids is 1.